The third-order valence-electron chi connectivity index (χ3n) is 4.08. The van der Waals surface area contributed by atoms with Crippen molar-refractivity contribution >= 4 is 27.4 Å². The Bertz CT molecular complexity index is 1020. The summed E-state index contributed by atoms with van der Waals surface area (Å²) in [6, 6.07) is 11.0. The van der Waals surface area contributed by atoms with Gasteiger partial charge in [-0.3, -0.25) is 4.79 Å². The molecule has 3 rings (SSSR count). The molecule has 0 aliphatic carbocycles. The number of anilines is 1. The van der Waals surface area contributed by atoms with Crippen LogP contribution in [0.5, 0.6) is 11.5 Å². The van der Waals surface area contributed by atoms with Crippen LogP contribution in [0.4, 0.5) is 5.69 Å². The standard InChI is InChI=1S/C20H21NO7S/c1-13(19(22)21-16-7-8-17-18(11-16)27-10-9-26-17)28-20(23)15-5-3-14(4-6-15)12-29(2,24)25/h3-8,11,13H,9-10,12H2,1-2H3,(H,21,22)/t13-/m1/s1. The van der Waals surface area contributed by atoms with E-state index < -0.39 is 27.8 Å². The summed E-state index contributed by atoms with van der Waals surface area (Å²) in [5.74, 6) is -0.151. The van der Waals surface area contributed by atoms with Gasteiger partial charge in [0.15, 0.2) is 27.4 Å². The largest absolute Gasteiger partial charge is 0.486 e. The highest BCUT2D eigenvalue weighted by molar-refractivity contribution is 7.89. The molecule has 154 valence electrons. The molecular weight excluding hydrogens is 398 g/mol. The monoisotopic (exact) mass is 419 g/mol. The second-order valence-corrected chi connectivity index (χ2v) is 8.80. The molecule has 1 heterocycles. The molecule has 2 aromatic rings. The Balaban J connectivity index is 1.58. The minimum atomic E-state index is -3.16. The Kier molecular flexibility index (Phi) is 6.07. The second-order valence-electron chi connectivity index (χ2n) is 6.66. The van der Waals surface area contributed by atoms with E-state index in [9.17, 15) is 18.0 Å². The van der Waals surface area contributed by atoms with Crippen LogP contribution in [-0.2, 0) is 25.1 Å². The average Bonchev–Trinajstić information content (AvgIpc) is 2.67. The van der Waals surface area contributed by atoms with Crippen LogP contribution in [0.1, 0.15) is 22.8 Å². The van der Waals surface area contributed by atoms with Crippen LogP contribution in [0.25, 0.3) is 0 Å². The van der Waals surface area contributed by atoms with Crippen molar-refractivity contribution in [3.63, 3.8) is 0 Å². The third kappa shape index (κ3) is 5.71. The first-order valence-corrected chi connectivity index (χ1v) is 11.0. The summed E-state index contributed by atoms with van der Waals surface area (Å²) in [5, 5.41) is 2.67. The van der Waals surface area contributed by atoms with Gasteiger partial charge in [0.05, 0.1) is 11.3 Å². The van der Waals surface area contributed by atoms with Crippen LogP contribution >= 0.6 is 0 Å². The van der Waals surface area contributed by atoms with Gasteiger partial charge in [0.25, 0.3) is 5.91 Å². The number of esters is 1. The predicted octanol–water partition coefficient (Wildman–Crippen LogP) is 2.19. The Hall–Kier alpha value is -3.07. The van der Waals surface area contributed by atoms with Gasteiger partial charge in [-0.15, -0.1) is 0 Å². The highest BCUT2D eigenvalue weighted by Gasteiger charge is 2.20. The van der Waals surface area contributed by atoms with E-state index in [-0.39, 0.29) is 11.3 Å². The van der Waals surface area contributed by atoms with E-state index in [1.165, 1.54) is 31.2 Å². The van der Waals surface area contributed by atoms with E-state index in [1.54, 1.807) is 18.2 Å². The van der Waals surface area contributed by atoms with Crippen LogP contribution in [-0.4, -0.2) is 45.9 Å². The van der Waals surface area contributed by atoms with Crippen LogP contribution in [0.2, 0.25) is 0 Å². The van der Waals surface area contributed by atoms with Gasteiger partial charge in [-0.25, -0.2) is 13.2 Å². The summed E-state index contributed by atoms with van der Waals surface area (Å²) in [7, 11) is -3.16. The lowest BCUT2D eigenvalue weighted by atomic mass is 10.1. The molecule has 2 aromatic carbocycles. The number of fused-ring (bicyclic) bond motifs is 1. The van der Waals surface area contributed by atoms with E-state index in [1.807, 2.05) is 0 Å². The minimum Gasteiger partial charge on any atom is -0.486 e. The third-order valence-corrected chi connectivity index (χ3v) is 4.94. The summed E-state index contributed by atoms with van der Waals surface area (Å²) in [6.45, 7) is 2.37. The lowest BCUT2D eigenvalue weighted by Crippen LogP contribution is -2.30. The van der Waals surface area contributed by atoms with E-state index in [2.05, 4.69) is 5.32 Å². The molecule has 1 amide bonds. The lowest BCUT2D eigenvalue weighted by molar-refractivity contribution is -0.123. The van der Waals surface area contributed by atoms with Crippen molar-refractivity contribution in [3.05, 3.63) is 53.6 Å². The van der Waals surface area contributed by atoms with Crippen molar-refractivity contribution in [2.24, 2.45) is 0 Å². The number of sulfone groups is 1. The molecule has 0 bridgehead atoms. The molecular formula is C20H21NO7S. The average molecular weight is 419 g/mol. The highest BCUT2D eigenvalue weighted by Crippen LogP contribution is 2.32. The van der Waals surface area contributed by atoms with E-state index in [0.717, 1.165) is 6.26 Å². The maximum atomic E-state index is 12.3. The number of hydrogen-bond donors (Lipinski definition) is 1. The van der Waals surface area contributed by atoms with Gasteiger partial charge in [-0.2, -0.15) is 0 Å². The maximum Gasteiger partial charge on any atom is 0.338 e. The SMILES string of the molecule is C[C@@H](OC(=O)c1ccc(CS(C)(=O)=O)cc1)C(=O)Nc1ccc2c(c1)OCCO2. The van der Waals surface area contributed by atoms with Gasteiger partial charge in [-0.1, -0.05) is 12.1 Å². The number of benzene rings is 2. The summed E-state index contributed by atoms with van der Waals surface area (Å²) in [6.07, 6.45) is 0.100. The van der Waals surface area contributed by atoms with Gasteiger partial charge < -0.3 is 19.5 Å². The fraction of sp³-hybridized carbons (Fsp3) is 0.300. The molecule has 29 heavy (non-hydrogen) atoms. The van der Waals surface area contributed by atoms with Crippen molar-refractivity contribution in [2.45, 2.75) is 18.8 Å². The lowest BCUT2D eigenvalue weighted by Gasteiger charge is -2.19. The van der Waals surface area contributed by atoms with Gasteiger partial charge >= 0.3 is 5.97 Å². The zero-order valence-electron chi connectivity index (χ0n) is 16.0. The Morgan fingerprint density at radius 2 is 1.72 bits per heavy atom. The Morgan fingerprint density at radius 1 is 1.07 bits per heavy atom. The summed E-state index contributed by atoms with van der Waals surface area (Å²) >= 11 is 0. The van der Waals surface area contributed by atoms with E-state index in [4.69, 9.17) is 14.2 Å². The van der Waals surface area contributed by atoms with Crippen molar-refractivity contribution < 1.29 is 32.2 Å². The van der Waals surface area contributed by atoms with Crippen molar-refractivity contribution in [2.75, 3.05) is 24.8 Å². The van der Waals surface area contributed by atoms with E-state index >= 15 is 0 Å². The second kappa shape index (κ2) is 8.52. The number of hydrogen-bond acceptors (Lipinski definition) is 7. The topological polar surface area (TPSA) is 108 Å². The summed E-state index contributed by atoms with van der Waals surface area (Å²) < 4.78 is 38.7. The van der Waals surface area contributed by atoms with Crippen LogP contribution < -0.4 is 14.8 Å². The Morgan fingerprint density at radius 3 is 2.38 bits per heavy atom. The molecule has 9 heteroatoms. The van der Waals surface area contributed by atoms with Crippen LogP contribution in [0.3, 0.4) is 0 Å². The Labute approximate surface area is 168 Å². The van der Waals surface area contributed by atoms with Gasteiger partial charge in [-0.05, 0) is 36.8 Å². The molecule has 0 spiro atoms. The molecule has 1 aliphatic rings. The molecule has 0 aromatic heterocycles. The van der Waals surface area contributed by atoms with Crippen molar-refractivity contribution in [1.82, 2.24) is 0 Å². The smallest absolute Gasteiger partial charge is 0.338 e. The van der Waals surface area contributed by atoms with Crippen LogP contribution in [0.15, 0.2) is 42.5 Å². The zero-order valence-corrected chi connectivity index (χ0v) is 16.8. The van der Waals surface area contributed by atoms with Crippen molar-refractivity contribution in [1.29, 1.82) is 0 Å². The first-order chi connectivity index (χ1) is 13.7. The maximum absolute atomic E-state index is 12.3. The number of amides is 1. The van der Waals surface area contributed by atoms with Crippen LogP contribution in [0, 0.1) is 0 Å². The predicted molar refractivity (Wildman–Crippen MR) is 106 cm³/mol. The fourth-order valence-electron chi connectivity index (χ4n) is 2.69. The number of carbonyl (C=O) groups is 2. The molecule has 8 nitrogen and oxygen atoms in total. The fourth-order valence-corrected chi connectivity index (χ4v) is 3.48. The molecule has 0 unspecified atom stereocenters. The molecule has 0 saturated carbocycles. The first-order valence-electron chi connectivity index (χ1n) is 8.89. The van der Waals surface area contributed by atoms with Gasteiger partial charge in [0.2, 0.25) is 0 Å². The van der Waals surface area contributed by atoms with E-state index in [0.29, 0.717) is 36.0 Å². The molecule has 0 saturated heterocycles. The first kappa shape index (κ1) is 20.7. The number of nitrogens with one attached hydrogen (secondary N) is 1. The molecule has 0 radical (unpaired) electrons. The quantitative estimate of drug-likeness (QED) is 0.715. The number of ether oxygens (including phenoxy) is 3. The summed E-state index contributed by atoms with van der Waals surface area (Å²) in [4.78, 5) is 24.6. The highest BCUT2D eigenvalue weighted by atomic mass is 32.2. The number of rotatable bonds is 6. The minimum absolute atomic E-state index is 0.114. The normalized spacial score (nSPS) is 14.0. The molecule has 1 aliphatic heterocycles. The van der Waals surface area contributed by atoms with Gasteiger partial charge in [0.1, 0.15) is 13.2 Å². The molecule has 1 N–H and O–H groups in total. The molecule has 0 fully saturated rings. The zero-order chi connectivity index (χ0) is 21.0. The van der Waals surface area contributed by atoms with Crippen molar-refractivity contribution in [3.8, 4) is 11.5 Å². The van der Waals surface area contributed by atoms with Gasteiger partial charge in [0, 0.05) is 18.0 Å². The summed E-state index contributed by atoms with van der Waals surface area (Å²) in [5.41, 5.74) is 1.28. The molecule has 1 atom stereocenters. The number of carbonyl (C=O) groups excluding carboxylic acids is 2.